The molecule has 32 heavy (non-hydrogen) atoms. The molecule has 3 aromatic rings. The van der Waals surface area contributed by atoms with Crippen LogP contribution in [0.1, 0.15) is 55.9 Å². The number of carbonyl (C=O) groups excluding carboxylic acids is 1. The fraction of sp³-hybridized carbons (Fsp3) is 0.269. The summed E-state index contributed by atoms with van der Waals surface area (Å²) in [6.45, 7) is 9.74. The zero-order chi connectivity index (χ0) is 23.6. The third-order valence-corrected chi connectivity index (χ3v) is 8.06. The number of amides is 1. The average molecular weight is 451 g/mol. The summed E-state index contributed by atoms with van der Waals surface area (Å²) in [6, 6.07) is 18.3. The zero-order valence-electron chi connectivity index (χ0n) is 19.2. The minimum atomic E-state index is -3.76. The van der Waals surface area contributed by atoms with E-state index < -0.39 is 21.2 Å². The maximum atomic E-state index is 13.9. The first-order valence-electron chi connectivity index (χ1n) is 10.6. The molecule has 3 rings (SSSR count). The Morgan fingerprint density at radius 3 is 2.09 bits per heavy atom. The second-order valence-electron chi connectivity index (χ2n) is 8.39. The van der Waals surface area contributed by atoms with Crippen LogP contribution in [-0.2, 0) is 16.6 Å². The van der Waals surface area contributed by atoms with Crippen LogP contribution in [0.5, 0.6) is 0 Å². The first kappa shape index (κ1) is 23.5. The van der Waals surface area contributed by atoms with Gasteiger partial charge >= 0.3 is 0 Å². The number of rotatable bonds is 7. The highest BCUT2D eigenvalue weighted by Gasteiger charge is 2.31. The normalized spacial score (nSPS) is 12.4. The van der Waals surface area contributed by atoms with E-state index in [0.29, 0.717) is 11.3 Å². The number of nitrogens with zero attached hydrogens (tertiary/aromatic N) is 1. The standard InChI is InChI=1S/C26H30N2O3S/c1-17-6-7-19(3)25(14-17)28(16-22-9-12-23(13-10-22)26(27)29)32(30,31)21(5)24-11-8-18(2)20(4)15-24/h6-15,21H,16H2,1-5H3,(H2,27,29). The molecular formula is C26H30N2O3S. The second-order valence-corrected chi connectivity index (χ2v) is 10.6. The first-order valence-corrected chi connectivity index (χ1v) is 12.1. The number of carbonyl (C=O) groups is 1. The fourth-order valence-electron chi connectivity index (χ4n) is 3.62. The number of primary amides is 1. The Bertz CT molecular complexity index is 1250. The lowest BCUT2D eigenvalue weighted by Gasteiger charge is -2.30. The van der Waals surface area contributed by atoms with Crippen LogP contribution in [0.25, 0.3) is 0 Å². The molecule has 0 bridgehead atoms. The number of hydrogen-bond acceptors (Lipinski definition) is 3. The smallest absolute Gasteiger partial charge is 0.248 e. The summed E-state index contributed by atoms with van der Waals surface area (Å²) >= 11 is 0. The van der Waals surface area contributed by atoms with E-state index in [1.165, 1.54) is 4.31 Å². The fourth-order valence-corrected chi connectivity index (χ4v) is 5.29. The highest BCUT2D eigenvalue weighted by molar-refractivity contribution is 7.93. The summed E-state index contributed by atoms with van der Waals surface area (Å²) in [6.07, 6.45) is 0. The molecule has 0 aliphatic rings. The van der Waals surface area contributed by atoms with Crippen LogP contribution >= 0.6 is 0 Å². The Balaban J connectivity index is 2.09. The van der Waals surface area contributed by atoms with E-state index in [-0.39, 0.29) is 6.54 Å². The van der Waals surface area contributed by atoms with Gasteiger partial charge in [-0.2, -0.15) is 0 Å². The monoisotopic (exact) mass is 450 g/mol. The van der Waals surface area contributed by atoms with Crippen LogP contribution in [0.15, 0.2) is 60.7 Å². The minimum absolute atomic E-state index is 0.154. The molecule has 1 unspecified atom stereocenters. The third kappa shape index (κ3) is 4.86. The van der Waals surface area contributed by atoms with Gasteiger partial charge in [0.1, 0.15) is 5.25 Å². The van der Waals surface area contributed by atoms with Gasteiger partial charge in [-0.3, -0.25) is 9.10 Å². The van der Waals surface area contributed by atoms with Crippen LogP contribution in [0.3, 0.4) is 0 Å². The Morgan fingerprint density at radius 2 is 1.50 bits per heavy atom. The molecular weight excluding hydrogens is 420 g/mol. The zero-order valence-corrected chi connectivity index (χ0v) is 20.0. The van der Waals surface area contributed by atoms with Crippen molar-refractivity contribution in [2.75, 3.05) is 4.31 Å². The Labute approximate surface area is 190 Å². The van der Waals surface area contributed by atoms with Gasteiger partial charge in [-0.25, -0.2) is 8.42 Å². The molecule has 1 atom stereocenters. The summed E-state index contributed by atoms with van der Waals surface area (Å²) in [7, 11) is -3.76. The molecule has 0 spiro atoms. The maximum absolute atomic E-state index is 13.9. The summed E-state index contributed by atoms with van der Waals surface area (Å²) < 4.78 is 29.3. The van der Waals surface area contributed by atoms with Gasteiger partial charge in [0, 0.05) is 5.56 Å². The lowest BCUT2D eigenvalue weighted by atomic mass is 10.0. The molecule has 0 saturated heterocycles. The lowest BCUT2D eigenvalue weighted by molar-refractivity contribution is 0.1000. The predicted octanol–water partition coefficient (Wildman–Crippen LogP) is 5.12. The van der Waals surface area contributed by atoms with Crippen LogP contribution < -0.4 is 10.0 Å². The van der Waals surface area contributed by atoms with E-state index >= 15 is 0 Å². The van der Waals surface area contributed by atoms with Gasteiger partial charge in [0.25, 0.3) is 0 Å². The number of nitrogens with two attached hydrogens (primary N) is 1. The molecule has 0 radical (unpaired) electrons. The van der Waals surface area contributed by atoms with Crippen molar-refractivity contribution in [2.24, 2.45) is 5.73 Å². The summed E-state index contributed by atoms with van der Waals surface area (Å²) in [5, 5.41) is -0.730. The topological polar surface area (TPSA) is 80.5 Å². The highest BCUT2D eigenvalue weighted by Crippen LogP contribution is 2.34. The van der Waals surface area contributed by atoms with Gasteiger partial charge in [-0.05, 0) is 86.2 Å². The summed E-state index contributed by atoms with van der Waals surface area (Å²) in [5.74, 6) is -0.515. The van der Waals surface area contributed by atoms with Crippen molar-refractivity contribution in [3.05, 3.63) is 99.6 Å². The largest absolute Gasteiger partial charge is 0.366 e. The molecule has 2 N–H and O–H groups in total. The van der Waals surface area contributed by atoms with E-state index in [1.807, 2.05) is 64.1 Å². The predicted molar refractivity (Wildman–Crippen MR) is 130 cm³/mol. The van der Waals surface area contributed by atoms with Crippen LogP contribution in [0, 0.1) is 27.7 Å². The molecule has 0 aromatic heterocycles. The van der Waals surface area contributed by atoms with Crippen molar-refractivity contribution < 1.29 is 13.2 Å². The van der Waals surface area contributed by atoms with Gasteiger partial charge in [0.15, 0.2) is 0 Å². The number of aryl methyl sites for hydroxylation is 4. The average Bonchev–Trinajstić information content (AvgIpc) is 2.75. The second kappa shape index (κ2) is 9.17. The Hall–Kier alpha value is -3.12. The van der Waals surface area contributed by atoms with E-state index in [0.717, 1.165) is 33.4 Å². The maximum Gasteiger partial charge on any atom is 0.248 e. The molecule has 6 heteroatoms. The quantitative estimate of drug-likeness (QED) is 0.543. The van der Waals surface area contributed by atoms with Crippen molar-refractivity contribution in [2.45, 2.75) is 46.4 Å². The van der Waals surface area contributed by atoms with Crippen molar-refractivity contribution >= 4 is 21.6 Å². The van der Waals surface area contributed by atoms with E-state index in [2.05, 4.69) is 0 Å². The highest BCUT2D eigenvalue weighted by atomic mass is 32.2. The van der Waals surface area contributed by atoms with Gasteiger partial charge < -0.3 is 5.73 Å². The number of sulfonamides is 1. The van der Waals surface area contributed by atoms with Crippen molar-refractivity contribution in [1.82, 2.24) is 0 Å². The van der Waals surface area contributed by atoms with E-state index in [4.69, 9.17) is 5.73 Å². The molecule has 0 saturated carbocycles. The number of hydrogen-bond donors (Lipinski definition) is 1. The summed E-state index contributed by atoms with van der Waals surface area (Å²) in [4.78, 5) is 11.4. The molecule has 0 aliphatic heterocycles. The van der Waals surface area contributed by atoms with E-state index in [9.17, 15) is 13.2 Å². The number of benzene rings is 3. The lowest BCUT2D eigenvalue weighted by Crippen LogP contribution is -2.34. The molecule has 1 amide bonds. The van der Waals surface area contributed by atoms with Gasteiger partial charge in [0.2, 0.25) is 15.9 Å². The van der Waals surface area contributed by atoms with E-state index in [1.54, 1.807) is 31.2 Å². The summed E-state index contributed by atoms with van der Waals surface area (Å²) in [5.41, 5.74) is 12.0. The third-order valence-electron chi connectivity index (χ3n) is 5.95. The van der Waals surface area contributed by atoms with Gasteiger partial charge in [-0.1, -0.05) is 42.5 Å². The van der Waals surface area contributed by atoms with Crippen LogP contribution in [0.4, 0.5) is 5.69 Å². The molecule has 0 aliphatic carbocycles. The molecule has 3 aromatic carbocycles. The Morgan fingerprint density at radius 1 is 0.875 bits per heavy atom. The first-order chi connectivity index (χ1) is 15.0. The van der Waals surface area contributed by atoms with Crippen molar-refractivity contribution in [3.8, 4) is 0 Å². The number of anilines is 1. The molecule has 0 fully saturated rings. The SMILES string of the molecule is Cc1ccc(C)c(N(Cc2ccc(C(N)=O)cc2)S(=O)(=O)C(C)c2ccc(C)c(C)c2)c1. The van der Waals surface area contributed by atoms with Gasteiger partial charge in [-0.15, -0.1) is 0 Å². The molecule has 168 valence electrons. The molecule has 0 heterocycles. The Kier molecular flexibility index (Phi) is 6.74. The van der Waals surface area contributed by atoms with Crippen molar-refractivity contribution in [3.63, 3.8) is 0 Å². The van der Waals surface area contributed by atoms with Crippen LogP contribution in [0.2, 0.25) is 0 Å². The van der Waals surface area contributed by atoms with Gasteiger partial charge in [0.05, 0.1) is 12.2 Å². The minimum Gasteiger partial charge on any atom is -0.366 e. The molecule has 5 nitrogen and oxygen atoms in total. The van der Waals surface area contributed by atoms with Crippen LogP contribution in [-0.4, -0.2) is 14.3 Å². The van der Waals surface area contributed by atoms with Crippen molar-refractivity contribution in [1.29, 1.82) is 0 Å².